The van der Waals surface area contributed by atoms with Crippen molar-refractivity contribution in [1.29, 1.82) is 0 Å². The molecule has 0 saturated carbocycles. The SMILES string of the molecule is COc1cc(/C=C/c2cccc(-c3cccc(CO)c3)c2C)cc(OC)c1CNC(C)(CO)C(=O)O. The second-order valence-corrected chi connectivity index (χ2v) is 8.76. The van der Waals surface area contributed by atoms with Crippen molar-refractivity contribution in [3.63, 3.8) is 0 Å². The molecule has 7 nitrogen and oxygen atoms in total. The Morgan fingerprint density at radius 3 is 2.25 bits per heavy atom. The molecule has 4 N–H and O–H groups in total. The molecule has 0 saturated heterocycles. The van der Waals surface area contributed by atoms with Crippen molar-refractivity contribution >= 4 is 18.1 Å². The van der Waals surface area contributed by atoms with Crippen molar-refractivity contribution in [2.75, 3.05) is 20.8 Å². The first-order chi connectivity index (χ1) is 17.3. The van der Waals surface area contributed by atoms with Gasteiger partial charge in [0.05, 0.1) is 27.4 Å². The van der Waals surface area contributed by atoms with Gasteiger partial charge in [-0.1, -0.05) is 48.6 Å². The van der Waals surface area contributed by atoms with Crippen LogP contribution in [-0.2, 0) is 17.9 Å². The third-order valence-corrected chi connectivity index (χ3v) is 6.33. The van der Waals surface area contributed by atoms with Gasteiger partial charge in [-0.3, -0.25) is 10.1 Å². The van der Waals surface area contributed by atoms with Crippen LogP contribution >= 0.6 is 0 Å². The number of methoxy groups -OCH3 is 2. The highest BCUT2D eigenvalue weighted by Gasteiger charge is 2.32. The Hall–Kier alpha value is -3.65. The average Bonchev–Trinajstić information content (AvgIpc) is 2.90. The lowest BCUT2D eigenvalue weighted by Crippen LogP contribution is -2.52. The summed E-state index contributed by atoms with van der Waals surface area (Å²) < 4.78 is 11.2. The summed E-state index contributed by atoms with van der Waals surface area (Å²) in [6.07, 6.45) is 3.99. The third-order valence-electron chi connectivity index (χ3n) is 6.33. The molecule has 0 fully saturated rings. The van der Waals surface area contributed by atoms with E-state index in [-0.39, 0.29) is 13.2 Å². The molecule has 7 heteroatoms. The van der Waals surface area contributed by atoms with Crippen molar-refractivity contribution < 1.29 is 29.6 Å². The summed E-state index contributed by atoms with van der Waals surface area (Å²) in [4.78, 5) is 11.5. The number of hydrogen-bond acceptors (Lipinski definition) is 6. The van der Waals surface area contributed by atoms with Gasteiger partial charge in [0.15, 0.2) is 0 Å². The lowest BCUT2D eigenvalue weighted by Gasteiger charge is -2.25. The van der Waals surface area contributed by atoms with Crippen LogP contribution in [0.1, 0.15) is 34.7 Å². The molecule has 0 amide bonds. The molecule has 1 atom stereocenters. The van der Waals surface area contributed by atoms with E-state index >= 15 is 0 Å². The molecule has 190 valence electrons. The van der Waals surface area contributed by atoms with E-state index in [0.717, 1.165) is 33.4 Å². The minimum Gasteiger partial charge on any atom is -0.496 e. The predicted octanol–water partition coefficient (Wildman–Crippen LogP) is 4.27. The Morgan fingerprint density at radius 2 is 1.67 bits per heavy atom. The van der Waals surface area contributed by atoms with Gasteiger partial charge in [0.2, 0.25) is 0 Å². The maximum atomic E-state index is 11.5. The van der Waals surface area contributed by atoms with Crippen LogP contribution in [0, 0.1) is 6.92 Å². The largest absolute Gasteiger partial charge is 0.496 e. The van der Waals surface area contributed by atoms with Crippen molar-refractivity contribution in [2.24, 2.45) is 0 Å². The summed E-state index contributed by atoms with van der Waals surface area (Å²) in [6, 6.07) is 17.7. The fourth-order valence-corrected chi connectivity index (χ4v) is 3.93. The number of aliphatic carboxylic acids is 1. The van der Waals surface area contributed by atoms with Crippen molar-refractivity contribution in [3.8, 4) is 22.6 Å². The lowest BCUT2D eigenvalue weighted by molar-refractivity contribution is -0.145. The number of nitrogens with one attached hydrogen (secondary N) is 1. The van der Waals surface area contributed by atoms with Gasteiger partial charge in [-0.15, -0.1) is 0 Å². The smallest absolute Gasteiger partial charge is 0.326 e. The van der Waals surface area contributed by atoms with Crippen LogP contribution in [0.4, 0.5) is 0 Å². The molecule has 3 aromatic carbocycles. The standard InChI is InChI=1S/C29H33NO6/c1-19-22(8-6-10-24(19)23-9-5-7-21(13-23)17-31)12-11-20-14-26(35-3)25(27(15-20)36-4)16-30-29(2,18-32)28(33)34/h5-15,30-32H,16-18H2,1-4H3,(H,33,34)/b12-11+. The highest BCUT2D eigenvalue weighted by Crippen LogP contribution is 2.33. The lowest BCUT2D eigenvalue weighted by atomic mass is 9.95. The zero-order valence-corrected chi connectivity index (χ0v) is 21.0. The summed E-state index contributed by atoms with van der Waals surface area (Å²) in [7, 11) is 3.09. The number of aliphatic hydroxyl groups is 2. The minimum absolute atomic E-state index is 0.00277. The fraction of sp³-hybridized carbons (Fsp3) is 0.276. The van der Waals surface area contributed by atoms with Crippen LogP contribution in [0.2, 0.25) is 0 Å². The first kappa shape index (κ1) is 26.9. The van der Waals surface area contributed by atoms with Crippen LogP contribution in [0.3, 0.4) is 0 Å². The number of rotatable bonds is 11. The second kappa shape index (κ2) is 11.9. The summed E-state index contributed by atoms with van der Waals surface area (Å²) >= 11 is 0. The topological polar surface area (TPSA) is 108 Å². The Balaban J connectivity index is 1.92. The normalized spacial score (nSPS) is 12.9. The molecule has 0 aromatic heterocycles. The van der Waals surface area contributed by atoms with Gasteiger partial charge in [0.1, 0.15) is 17.0 Å². The number of carboxylic acids is 1. The van der Waals surface area contributed by atoms with E-state index < -0.39 is 18.1 Å². The Kier molecular flexibility index (Phi) is 8.88. The number of ether oxygens (including phenoxy) is 2. The Morgan fingerprint density at radius 1 is 1.00 bits per heavy atom. The average molecular weight is 492 g/mol. The van der Waals surface area contributed by atoms with Crippen molar-refractivity contribution in [1.82, 2.24) is 5.32 Å². The predicted molar refractivity (Wildman–Crippen MR) is 141 cm³/mol. The van der Waals surface area contributed by atoms with E-state index in [2.05, 4.69) is 18.3 Å². The van der Waals surface area contributed by atoms with Gasteiger partial charge in [-0.05, 0) is 65.4 Å². The molecule has 0 aliphatic carbocycles. The molecule has 0 heterocycles. The first-order valence-corrected chi connectivity index (χ1v) is 11.6. The van der Waals surface area contributed by atoms with E-state index in [1.54, 1.807) is 14.2 Å². The van der Waals surface area contributed by atoms with E-state index in [0.29, 0.717) is 17.1 Å². The third kappa shape index (κ3) is 5.94. The monoisotopic (exact) mass is 491 g/mol. The summed E-state index contributed by atoms with van der Waals surface area (Å²) in [6.45, 7) is 3.06. The fourth-order valence-electron chi connectivity index (χ4n) is 3.93. The summed E-state index contributed by atoms with van der Waals surface area (Å²) in [5.74, 6) is -0.0693. The number of hydrogen-bond donors (Lipinski definition) is 4. The molecular formula is C29H33NO6. The first-order valence-electron chi connectivity index (χ1n) is 11.6. The number of benzene rings is 3. The molecule has 3 rings (SSSR count). The van der Waals surface area contributed by atoms with Gasteiger partial charge < -0.3 is 24.8 Å². The van der Waals surface area contributed by atoms with Crippen molar-refractivity contribution in [2.45, 2.75) is 32.5 Å². The molecule has 0 radical (unpaired) electrons. The highest BCUT2D eigenvalue weighted by molar-refractivity contribution is 5.79. The molecule has 0 aliphatic heterocycles. The molecule has 0 bridgehead atoms. The Labute approximate surface area is 211 Å². The maximum Gasteiger partial charge on any atom is 0.326 e. The highest BCUT2D eigenvalue weighted by atomic mass is 16.5. The Bertz CT molecular complexity index is 1230. The van der Waals surface area contributed by atoms with E-state index in [1.807, 2.05) is 60.7 Å². The van der Waals surface area contributed by atoms with Gasteiger partial charge in [0.25, 0.3) is 0 Å². The van der Waals surface area contributed by atoms with Gasteiger partial charge in [-0.2, -0.15) is 0 Å². The van der Waals surface area contributed by atoms with E-state index in [9.17, 15) is 20.1 Å². The van der Waals surface area contributed by atoms with Crippen LogP contribution in [0.5, 0.6) is 11.5 Å². The van der Waals surface area contributed by atoms with Gasteiger partial charge in [0, 0.05) is 12.1 Å². The second-order valence-electron chi connectivity index (χ2n) is 8.76. The molecule has 0 spiro atoms. The van der Waals surface area contributed by atoms with Crippen LogP contribution in [0.25, 0.3) is 23.3 Å². The van der Waals surface area contributed by atoms with E-state index in [4.69, 9.17) is 9.47 Å². The van der Waals surface area contributed by atoms with Gasteiger partial charge >= 0.3 is 5.97 Å². The zero-order valence-electron chi connectivity index (χ0n) is 21.0. The van der Waals surface area contributed by atoms with Crippen molar-refractivity contribution in [3.05, 3.63) is 82.4 Å². The van der Waals surface area contributed by atoms with Crippen LogP contribution in [-0.4, -0.2) is 47.7 Å². The number of aliphatic hydroxyl groups excluding tert-OH is 2. The minimum atomic E-state index is -1.49. The summed E-state index contributed by atoms with van der Waals surface area (Å²) in [5.41, 5.74) is 5.17. The quantitative estimate of drug-likeness (QED) is 0.297. The molecule has 1 unspecified atom stereocenters. The molecular weight excluding hydrogens is 458 g/mol. The zero-order chi connectivity index (χ0) is 26.3. The van der Waals surface area contributed by atoms with Crippen LogP contribution in [0.15, 0.2) is 54.6 Å². The van der Waals surface area contributed by atoms with E-state index in [1.165, 1.54) is 6.92 Å². The maximum absolute atomic E-state index is 11.5. The molecule has 0 aliphatic rings. The number of carboxylic acid groups (broad SMARTS) is 1. The summed E-state index contributed by atoms with van der Waals surface area (Å²) in [5, 5.41) is 31.3. The van der Waals surface area contributed by atoms with Gasteiger partial charge in [-0.25, -0.2) is 0 Å². The molecule has 3 aromatic rings. The van der Waals surface area contributed by atoms with Crippen LogP contribution < -0.4 is 14.8 Å². The number of carbonyl (C=O) groups is 1. The molecule has 36 heavy (non-hydrogen) atoms.